The van der Waals surface area contributed by atoms with E-state index in [0.717, 1.165) is 36.7 Å². The van der Waals surface area contributed by atoms with Gasteiger partial charge in [-0.2, -0.15) is 4.98 Å². The van der Waals surface area contributed by atoms with Gasteiger partial charge in [-0.25, -0.2) is 14.2 Å². The van der Waals surface area contributed by atoms with Gasteiger partial charge >= 0.3 is 6.09 Å². The number of aromatic nitrogens is 2. The first kappa shape index (κ1) is 29.8. The number of rotatable bonds is 4. The fourth-order valence-corrected chi connectivity index (χ4v) is 7.31. The van der Waals surface area contributed by atoms with Crippen LogP contribution in [0.3, 0.4) is 0 Å². The molecular formula is C34H38ClFN6O3. The highest BCUT2D eigenvalue weighted by Crippen LogP contribution is 2.44. The molecule has 0 radical (unpaired) electrons. The number of phenolic OH excluding ortho intramolecular Hbond substituents is 1. The minimum atomic E-state index is -0.584. The van der Waals surface area contributed by atoms with Crippen LogP contribution in [0.1, 0.15) is 33.6 Å². The van der Waals surface area contributed by atoms with Crippen LogP contribution in [-0.4, -0.2) is 95.0 Å². The van der Waals surface area contributed by atoms with E-state index in [1.165, 1.54) is 0 Å². The van der Waals surface area contributed by atoms with Crippen molar-refractivity contribution in [2.24, 2.45) is 0 Å². The number of likely N-dealkylation sites (N-methyl/N-ethyl adjacent to an activating group) is 1. The Morgan fingerprint density at radius 3 is 2.51 bits per heavy atom. The highest BCUT2D eigenvalue weighted by Gasteiger charge is 2.47. The fourth-order valence-electron chi connectivity index (χ4n) is 7.02. The van der Waals surface area contributed by atoms with Gasteiger partial charge < -0.3 is 29.4 Å². The second-order valence-corrected chi connectivity index (χ2v) is 14.0. The van der Waals surface area contributed by atoms with Crippen molar-refractivity contribution in [3.05, 3.63) is 53.3 Å². The van der Waals surface area contributed by atoms with Crippen LogP contribution in [0.2, 0.25) is 5.02 Å². The molecule has 3 aliphatic heterocycles. The van der Waals surface area contributed by atoms with Crippen LogP contribution in [0.25, 0.3) is 32.8 Å². The van der Waals surface area contributed by atoms with E-state index in [1.54, 1.807) is 18.2 Å². The number of likely N-dealkylation sites (tertiary alicyclic amines) is 1. The number of aromatic hydroxyl groups is 1. The molecule has 0 spiro atoms. The molecule has 4 aromatic rings. The molecule has 0 bridgehead atoms. The Bertz CT molecular complexity index is 1820. The van der Waals surface area contributed by atoms with E-state index in [-0.39, 0.29) is 40.0 Å². The molecule has 236 valence electrons. The molecule has 2 atom stereocenters. The SMILES string of the molecule is CN(C)C1CN(c2nc(N3CCC4C3CCN4C(=O)OC(C)(C)C)c3cc(Cl)c(-c4cc(O)cc5ccccc45)c(F)c3n2)C1. The summed E-state index contributed by atoms with van der Waals surface area (Å²) >= 11 is 6.93. The van der Waals surface area contributed by atoms with Crippen LogP contribution >= 0.6 is 11.6 Å². The number of amides is 1. The Morgan fingerprint density at radius 2 is 1.78 bits per heavy atom. The molecule has 1 aromatic heterocycles. The lowest BCUT2D eigenvalue weighted by Gasteiger charge is -2.43. The van der Waals surface area contributed by atoms with Gasteiger partial charge in [-0.1, -0.05) is 35.9 Å². The number of hydrogen-bond acceptors (Lipinski definition) is 8. The molecule has 2 unspecified atom stereocenters. The molecule has 9 nitrogen and oxygen atoms in total. The molecule has 3 saturated heterocycles. The molecule has 11 heteroatoms. The van der Waals surface area contributed by atoms with Crippen molar-refractivity contribution in [2.75, 3.05) is 50.1 Å². The van der Waals surface area contributed by atoms with Crippen molar-refractivity contribution in [1.29, 1.82) is 0 Å². The first-order valence-electron chi connectivity index (χ1n) is 15.5. The van der Waals surface area contributed by atoms with Crippen LogP contribution in [0.5, 0.6) is 5.75 Å². The zero-order valence-electron chi connectivity index (χ0n) is 26.2. The van der Waals surface area contributed by atoms with E-state index >= 15 is 4.39 Å². The standard InChI is InChI=1S/C34H38ClFN6O3/c1-34(2,3)45-33(44)42-13-11-26-27(42)10-12-41(26)31-24-16-25(35)28(23-15-21(43)14-19-8-6-7-9-22(19)23)29(36)30(24)37-32(38-31)40-17-20(18-40)39(4)5/h6-9,14-16,20,26-27,43H,10-13,17-18H2,1-5H3. The van der Waals surface area contributed by atoms with Gasteiger partial charge in [-0.3, -0.25) is 0 Å². The smallest absolute Gasteiger partial charge is 0.410 e. The highest BCUT2D eigenvalue weighted by atomic mass is 35.5. The van der Waals surface area contributed by atoms with Gasteiger partial charge in [0.15, 0.2) is 5.82 Å². The zero-order valence-corrected chi connectivity index (χ0v) is 27.0. The van der Waals surface area contributed by atoms with Crippen molar-refractivity contribution in [3.63, 3.8) is 0 Å². The van der Waals surface area contributed by atoms with Gasteiger partial charge in [0.2, 0.25) is 5.95 Å². The maximum atomic E-state index is 16.9. The molecular weight excluding hydrogens is 595 g/mol. The number of nitrogens with zero attached hydrogens (tertiary/aromatic N) is 6. The minimum absolute atomic E-state index is 0.00547. The third-order valence-electron chi connectivity index (χ3n) is 9.32. The number of carbonyl (C=O) groups excluding carboxylic acids is 1. The number of phenols is 1. The van der Waals surface area contributed by atoms with Crippen molar-refractivity contribution < 1.29 is 19.0 Å². The molecule has 1 N–H and O–H groups in total. The maximum absolute atomic E-state index is 16.9. The monoisotopic (exact) mass is 632 g/mol. The predicted octanol–water partition coefficient (Wildman–Crippen LogP) is 6.29. The lowest BCUT2D eigenvalue weighted by atomic mass is 9.96. The molecule has 3 aliphatic rings. The van der Waals surface area contributed by atoms with Crippen LogP contribution in [0.15, 0.2) is 42.5 Å². The summed E-state index contributed by atoms with van der Waals surface area (Å²) in [4.78, 5) is 31.2. The lowest BCUT2D eigenvalue weighted by Crippen LogP contribution is -2.58. The second-order valence-electron chi connectivity index (χ2n) is 13.6. The normalized spacial score (nSPS) is 20.4. The summed E-state index contributed by atoms with van der Waals surface area (Å²) in [6, 6.07) is 12.8. The summed E-state index contributed by atoms with van der Waals surface area (Å²) in [5, 5.41) is 12.8. The van der Waals surface area contributed by atoms with Crippen molar-refractivity contribution >= 4 is 51.1 Å². The van der Waals surface area contributed by atoms with E-state index in [0.29, 0.717) is 41.8 Å². The van der Waals surface area contributed by atoms with Crippen molar-refractivity contribution in [3.8, 4) is 16.9 Å². The molecule has 3 aromatic carbocycles. The van der Waals surface area contributed by atoms with E-state index in [1.807, 2.05) is 64.0 Å². The van der Waals surface area contributed by atoms with Crippen LogP contribution < -0.4 is 9.80 Å². The second kappa shape index (κ2) is 10.9. The molecule has 4 heterocycles. The Morgan fingerprint density at radius 1 is 1.04 bits per heavy atom. The molecule has 1 amide bonds. The predicted molar refractivity (Wildman–Crippen MR) is 176 cm³/mol. The summed E-state index contributed by atoms with van der Waals surface area (Å²) in [7, 11) is 4.09. The summed E-state index contributed by atoms with van der Waals surface area (Å²) < 4.78 is 22.7. The fraction of sp³-hybridized carbons (Fsp3) is 0.441. The third kappa shape index (κ3) is 5.17. The molecule has 45 heavy (non-hydrogen) atoms. The van der Waals surface area contributed by atoms with Crippen molar-refractivity contribution in [2.45, 2.75) is 57.3 Å². The molecule has 0 saturated carbocycles. The lowest BCUT2D eigenvalue weighted by molar-refractivity contribution is 0.0228. The number of benzene rings is 3. The number of anilines is 2. The van der Waals surface area contributed by atoms with Gasteiger partial charge in [0.25, 0.3) is 0 Å². The Hall–Kier alpha value is -3.89. The van der Waals surface area contributed by atoms with Crippen LogP contribution in [0, 0.1) is 5.82 Å². The van der Waals surface area contributed by atoms with Gasteiger partial charge in [0, 0.05) is 43.2 Å². The topological polar surface area (TPSA) is 85.3 Å². The third-order valence-corrected chi connectivity index (χ3v) is 9.62. The van der Waals surface area contributed by atoms with Crippen LogP contribution in [0.4, 0.5) is 21.0 Å². The quantitative estimate of drug-likeness (QED) is 0.281. The van der Waals surface area contributed by atoms with Gasteiger partial charge in [-0.15, -0.1) is 0 Å². The van der Waals surface area contributed by atoms with E-state index in [4.69, 9.17) is 26.3 Å². The molecule has 0 aliphatic carbocycles. The van der Waals surface area contributed by atoms with Crippen molar-refractivity contribution in [1.82, 2.24) is 19.8 Å². The zero-order chi connectivity index (χ0) is 31.8. The number of hydrogen-bond donors (Lipinski definition) is 1. The van der Waals surface area contributed by atoms with E-state index < -0.39 is 11.4 Å². The Kier molecular flexibility index (Phi) is 7.20. The average molecular weight is 633 g/mol. The molecule has 3 fully saturated rings. The number of fused-ring (bicyclic) bond motifs is 3. The summed E-state index contributed by atoms with van der Waals surface area (Å²) in [5.74, 6) is 0.557. The van der Waals surface area contributed by atoms with Gasteiger partial charge in [-0.05, 0) is 82.2 Å². The minimum Gasteiger partial charge on any atom is -0.508 e. The van der Waals surface area contributed by atoms with Gasteiger partial charge in [0.1, 0.15) is 22.7 Å². The summed E-state index contributed by atoms with van der Waals surface area (Å²) in [6.45, 7) is 8.31. The maximum Gasteiger partial charge on any atom is 0.410 e. The first-order chi connectivity index (χ1) is 21.4. The number of carbonyl (C=O) groups is 1. The Labute approximate surface area is 267 Å². The first-order valence-corrected chi connectivity index (χ1v) is 15.9. The summed E-state index contributed by atoms with van der Waals surface area (Å²) in [5.41, 5.74) is 0.288. The highest BCUT2D eigenvalue weighted by molar-refractivity contribution is 6.35. The van der Waals surface area contributed by atoms with E-state index in [9.17, 15) is 9.90 Å². The van der Waals surface area contributed by atoms with E-state index in [2.05, 4.69) is 14.7 Å². The van der Waals surface area contributed by atoms with Crippen LogP contribution in [-0.2, 0) is 4.74 Å². The summed E-state index contributed by atoms with van der Waals surface area (Å²) in [6.07, 6.45) is 1.19. The molecule has 7 rings (SSSR count). The number of halogens is 2. The van der Waals surface area contributed by atoms with Gasteiger partial charge in [0.05, 0.1) is 17.1 Å². The average Bonchev–Trinajstić information content (AvgIpc) is 3.54. The number of ether oxygens (including phenoxy) is 1. The largest absolute Gasteiger partial charge is 0.508 e. The Balaban J connectivity index is 1.35.